The zero-order valence-corrected chi connectivity index (χ0v) is 67.3. The lowest BCUT2D eigenvalue weighted by atomic mass is 10.00. The summed E-state index contributed by atoms with van der Waals surface area (Å²) in [5.41, 5.74) is 0.764. The fourth-order valence-electron chi connectivity index (χ4n) is 11.0. The van der Waals surface area contributed by atoms with Crippen LogP contribution in [0.2, 0.25) is 0 Å². The predicted molar refractivity (Wildman–Crippen MR) is 447 cm³/mol. The molecule has 41 heteroatoms. The van der Waals surface area contributed by atoms with Crippen molar-refractivity contribution in [1.82, 2.24) is 30.4 Å². The maximum absolute atomic E-state index is 12.8. The Morgan fingerprint density at radius 2 is 0.784 bits per heavy atom. The van der Waals surface area contributed by atoms with Crippen LogP contribution < -0.4 is 26.8 Å². The highest BCUT2D eigenvalue weighted by Gasteiger charge is 2.28. The topological polar surface area (TPSA) is 630 Å². The van der Waals surface area contributed by atoms with Crippen molar-refractivity contribution in [3.8, 4) is 6.07 Å². The number of carboxylic acids is 5. The van der Waals surface area contributed by atoms with Gasteiger partial charge in [0.05, 0.1) is 46.6 Å². The number of carbonyl (C=O) groups excluding carboxylic acids is 5. The van der Waals surface area contributed by atoms with Crippen molar-refractivity contribution in [2.45, 2.75) is 66.5 Å². The summed E-state index contributed by atoms with van der Waals surface area (Å²) in [6, 6.07) is 46.7. The third-order valence-corrected chi connectivity index (χ3v) is 17.3. The lowest BCUT2D eigenvalue weighted by Crippen LogP contribution is -2.43. The van der Waals surface area contributed by atoms with Crippen LogP contribution in [0, 0.1) is 11.3 Å². The zero-order valence-electron chi connectivity index (χ0n) is 67.3. The number of hydrogen-bond acceptors (Lipinski definition) is 30. The van der Waals surface area contributed by atoms with E-state index < -0.39 is 87.9 Å². The van der Waals surface area contributed by atoms with Crippen LogP contribution in [-0.4, -0.2) is 182 Å². The Balaban J connectivity index is 0.000000215. The number of nitrogens with one attached hydrogen (secondary N) is 5. The molecule has 0 aliphatic carbocycles. The third-order valence-electron chi connectivity index (χ3n) is 17.3. The first-order valence-corrected chi connectivity index (χ1v) is 37.4. The number of anilines is 2. The number of aliphatic hydroxyl groups excluding tert-OH is 5. The number of piperidine rings is 1. The molecule has 11 rings (SSSR count). The van der Waals surface area contributed by atoms with Crippen LogP contribution in [0.15, 0.2) is 295 Å². The van der Waals surface area contributed by atoms with Gasteiger partial charge in [0.15, 0.2) is 28.5 Å². The molecule has 0 saturated carbocycles. The molecule has 5 amide bonds. The number of pyridine rings is 2. The van der Waals surface area contributed by atoms with E-state index in [4.69, 9.17) is 30.4 Å². The molecule has 3 aliphatic rings. The van der Waals surface area contributed by atoms with Gasteiger partial charge in [-0.25, -0.2) is 29.0 Å². The fraction of sp³-hybridized carbons (Fsp3) is 0.202. The lowest BCUT2D eigenvalue weighted by Gasteiger charge is -2.28. The van der Waals surface area contributed by atoms with Crippen molar-refractivity contribution in [2.75, 3.05) is 56.6 Å². The van der Waals surface area contributed by atoms with Crippen LogP contribution in [0.5, 0.6) is 0 Å². The number of benzene rings is 6. The molecule has 0 atom stereocenters. The fourth-order valence-corrected chi connectivity index (χ4v) is 11.0. The Morgan fingerprint density at radius 1 is 0.424 bits per heavy atom. The van der Waals surface area contributed by atoms with Gasteiger partial charge in [0, 0.05) is 44.5 Å². The molecule has 125 heavy (non-hydrogen) atoms. The minimum absolute atomic E-state index is 0.00889. The Labute approximate surface area is 710 Å². The molecular formula is C84H83N19O22. The molecule has 5 heterocycles. The van der Waals surface area contributed by atoms with Crippen molar-refractivity contribution in [3.05, 3.63) is 294 Å². The summed E-state index contributed by atoms with van der Waals surface area (Å²) in [6.45, 7) is 10.7. The highest BCUT2D eigenvalue weighted by Crippen LogP contribution is 2.29. The maximum atomic E-state index is 12.8. The van der Waals surface area contributed by atoms with E-state index in [1.165, 1.54) is 154 Å². The van der Waals surface area contributed by atoms with E-state index in [9.17, 15) is 83.4 Å². The number of H-pyrrole nitrogens is 1. The van der Waals surface area contributed by atoms with Gasteiger partial charge in [-0.1, -0.05) is 91.0 Å². The standard InChI is InChI=1S/C20H19N3O4.C17H13N5O4.C16H14N4O5.C16H20N4O4.C15H17N3O5/c1-13(24)18(22-21-17-9-5-4-8-16(17)20(26)27)19(25)23-11-10-14-6-2-3-7-15(14)12-23;1-10(23)15(16(24)20-14-7-6-11(8-18)9-19-14)22-21-13-5-3-2-4-12(13)17(25)26;1-9(21)14(15(23)18-12-7-4-8-13(22)17-12)20-19-11-6-3-2-5-10(11)16(24)25;1-10(21)14(15(22)18-11-6-8-17-9-7-11)20-19-13-5-3-2-4-12(13)16(23)24;1-10(19)13(14(20)18-6-8-23-9-7-18)17-16-12-5-3-2-4-11(12)15(21)22/h2-9,24H,10-12H2,1H3,(H,26,27);2-7,9,23H,1H3,(H,25,26)(H,19,20,24);2-8,21H,1H3,(H,24,25)(H2,17,18,22,23);2-5,11,17,21H,6-9H2,1H3,(H,18,22)(H,23,24);2-5,19H,6-9H2,1H3,(H,21,22). The number of aliphatic hydroxyl groups is 5. The smallest absolute Gasteiger partial charge is 0.337 e. The number of carboxylic acid groups (broad SMARTS) is 5. The number of aromatic carboxylic acids is 5. The van der Waals surface area contributed by atoms with E-state index in [0.717, 1.165) is 37.9 Å². The van der Waals surface area contributed by atoms with Gasteiger partial charge in [-0.05, 0) is 157 Å². The van der Waals surface area contributed by atoms with Gasteiger partial charge >= 0.3 is 29.8 Å². The van der Waals surface area contributed by atoms with Crippen molar-refractivity contribution in [3.63, 3.8) is 0 Å². The largest absolute Gasteiger partial charge is 0.510 e. The normalized spacial score (nSPS) is 14.1. The highest BCUT2D eigenvalue weighted by atomic mass is 16.5. The van der Waals surface area contributed by atoms with E-state index in [1.54, 1.807) is 53.4 Å². The number of azo groups is 5. The van der Waals surface area contributed by atoms with E-state index >= 15 is 0 Å². The summed E-state index contributed by atoms with van der Waals surface area (Å²) in [7, 11) is 0. The van der Waals surface area contributed by atoms with Crippen LogP contribution in [-0.2, 0) is 41.7 Å². The number of carbonyl (C=O) groups is 10. The van der Waals surface area contributed by atoms with Crippen molar-refractivity contribution in [2.24, 2.45) is 51.1 Å². The molecule has 6 aromatic carbocycles. The Hall–Kier alpha value is -16.8. The minimum Gasteiger partial charge on any atom is -0.510 e. The Bertz CT molecular complexity index is 5760. The Morgan fingerprint density at radius 3 is 1.15 bits per heavy atom. The average Bonchev–Trinajstić information content (AvgIpc) is 0.818. The maximum Gasteiger partial charge on any atom is 0.337 e. The number of nitrogens with zero attached hydrogens (tertiary/aromatic N) is 14. The van der Waals surface area contributed by atoms with Gasteiger partial charge in [-0.3, -0.25) is 28.8 Å². The van der Waals surface area contributed by atoms with E-state index in [0.29, 0.717) is 45.0 Å². The van der Waals surface area contributed by atoms with Crippen LogP contribution >= 0.6 is 0 Å². The zero-order chi connectivity index (χ0) is 91.2. The van der Waals surface area contributed by atoms with Gasteiger partial charge in [-0.15, -0.1) is 51.1 Å². The summed E-state index contributed by atoms with van der Waals surface area (Å²) in [4.78, 5) is 138. The molecule has 41 nitrogen and oxygen atoms in total. The Kier molecular flexibility index (Phi) is 36.4. The second kappa shape index (κ2) is 47.7. The molecule has 2 fully saturated rings. The first-order chi connectivity index (χ1) is 59.8. The highest BCUT2D eigenvalue weighted by molar-refractivity contribution is 6.04. The molecule has 0 bridgehead atoms. The number of fused-ring (bicyclic) bond motifs is 1. The second-order valence-corrected chi connectivity index (χ2v) is 26.3. The number of aromatic amines is 1. The summed E-state index contributed by atoms with van der Waals surface area (Å²) in [5.74, 6) is -10.3. The summed E-state index contributed by atoms with van der Waals surface area (Å²) >= 11 is 0. The van der Waals surface area contributed by atoms with Gasteiger partial charge < -0.3 is 91.9 Å². The molecule has 8 aromatic rings. The van der Waals surface area contributed by atoms with Gasteiger partial charge in [0.25, 0.3) is 29.5 Å². The number of amides is 5. The number of nitriles is 1. The predicted octanol–water partition coefficient (Wildman–Crippen LogP) is 13.8. The monoisotopic (exact) mass is 1710 g/mol. The van der Waals surface area contributed by atoms with E-state index in [-0.39, 0.29) is 108 Å². The molecule has 0 spiro atoms. The quantitative estimate of drug-likeness (QED) is 0.0161. The lowest BCUT2D eigenvalue weighted by molar-refractivity contribution is -0.131. The second-order valence-electron chi connectivity index (χ2n) is 26.3. The molecular weight excluding hydrogens is 1630 g/mol. The van der Waals surface area contributed by atoms with Crippen molar-refractivity contribution in [1.29, 1.82) is 5.26 Å². The molecule has 2 saturated heterocycles. The SMILES string of the molecule is CC(O)=C(N=Nc1ccccc1C(=O)O)C(=O)N1CCOCC1.CC(O)=C(N=Nc1ccccc1C(=O)O)C(=O)N1CCc2ccccc2C1.CC(O)=C(N=Nc1ccccc1C(=O)O)C(=O)NC1CCNCC1.CC(O)=C(N=Nc1ccccc1C(=O)O)C(=O)Nc1ccc(C#N)cn1.CC(O)=C(N=Nc1ccccc1C(=O)O)C(=O)Nc1cccc(=O)[nH]1. The first kappa shape index (κ1) is 95.4. The van der Waals surface area contributed by atoms with Gasteiger partial charge in [-0.2, -0.15) is 5.26 Å². The molecule has 15 N–H and O–H groups in total. The molecule has 0 radical (unpaired) electrons. The van der Waals surface area contributed by atoms with Gasteiger partial charge in [0.1, 0.15) is 74.9 Å². The van der Waals surface area contributed by atoms with Crippen LogP contribution in [0.4, 0.5) is 40.1 Å². The minimum atomic E-state index is -1.20. The van der Waals surface area contributed by atoms with Crippen molar-refractivity contribution >= 4 is 99.5 Å². The van der Waals surface area contributed by atoms with E-state index in [1.807, 2.05) is 30.3 Å². The number of aromatic nitrogens is 2. The van der Waals surface area contributed by atoms with Crippen molar-refractivity contribution < 1.29 is 104 Å². The number of allylic oxidation sites excluding steroid dienone is 5. The number of ether oxygens (including phenoxy) is 1. The number of hydrogen-bond donors (Lipinski definition) is 15. The van der Waals surface area contributed by atoms with Crippen LogP contribution in [0.3, 0.4) is 0 Å². The van der Waals surface area contributed by atoms with Crippen LogP contribution in [0.1, 0.15) is 116 Å². The number of morpholine rings is 1. The summed E-state index contributed by atoms with van der Waals surface area (Å²) < 4.78 is 5.17. The van der Waals surface area contributed by atoms with Gasteiger partial charge in [0.2, 0.25) is 5.56 Å². The molecule has 0 unspecified atom stereocenters. The van der Waals surface area contributed by atoms with Crippen LogP contribution in [0.25, 0.3) is 0 Å². The number of rotatable bonds is 23. The summed E-state index contributed by atoms with van der Waals surface area (Å²) in [6.07, 6.45) is 3.58. The molecule has 3 aliphatic heterocycles. The average molecular weight is 1710 g/mol. The summed E-state index contributed by atoms with van der Waals surface area (Å²) in [5, 5.41) is 151. The third kappa shape index (κ3) is 29.3. The van der Waals surface area contributed by atoms with E-state index in [2.05, 4.69) is 82.4 Å². The first-order valence-electron chi connectivity index (χ1n) is 37.4. The molecule has 646 valence electrons. The molecule has 2 aromatic heterocycles.